The summed E-state index contributed by atoms with van der Waals surface area (Å²) in [6.07, 6.45) is 0.910. The summed E-state index contributed by atoms with van der Waals surface area (Å²) in [7, 11) is 0. The SMILES string of the molecule is C=C1Cc2ccc3ccccc3c2OC1(C)C. The Kier molecular flexibility index (Phi) is 2.06. The normalized spacial score (nSPS) is 17.6. The van der Waals surface area contributed by atoms with Gasteiger partial charge in [-0.2, -0.15) is 0 Å². The van der Waals surface area contributed by atoms with Crippen molar-refractivity contribution < 1.29 is 4.74 Å². The zero-order chi connectivity index (χ0) is 12.0. The highest BCUT2D eigenvalue weighted by Crippen LogP contribution is 2.40. The van der Waals surface area contributed by atoms with Crippen LogP contribution in [0.5, 0.6) is 5.75 Å². The fourth-order valence-electron chi connectivity index (χ4n) is 2.32. The van der Waals surface area contributed by atoms with E-state index in [4.69, 9.17) is 4.74 Å². The summed E-state index contributed by atoms with van der Waals surface area (Å²) < 4.78 is 6.15. The predicted octanol–water partition coefficient (Wildman–Crippen LogP) is 4.11. The maximum atomic E-state index is 6.15. The van der Waals surface area contributed by atoms with Crippen molar-refractivity contribution in [2.75, 3.05) is 0 Å². The van der Waals surface area contributed by atoms with Gasteiger partial charge in [0.2, 0.25) is 0 Å². The largest absolute Gasteiger partial charge is 0.483 e. The Morgan fingerprint density at radius 1 is 1.12 bits per heavy atom. The first kappa shape index (κ1) is 10.4. The van der Waals surface area contributed by atoms with Crippen molar-refractivity contribution in [3.8, 4) is 5.75 Å². The summed E-state index contributed by atoms with van der Waals surface area (Å²) in [6, 6.07) is 12.7. The summed E-state index contributed by atoms with van der Waals surface area (Å²) >= 11 is 0. The fourth-order valence-corrected chi connectivity index (χ4v) is 2.32. The molecule has 0 spiro atoms. The third-order valence-corrected chi connectivity index (χ3v) is 3.57. The minimum Gasteiger partial charge on any atom is -0.483 e. The number of fused-ring (bicyclic) bond motifs is 3. The maximum Gasteiger partial charge on any atom is 0.131 e. The van der Waals surface area contributed by atoms with E-state index in [1.54, 1.807) is 0 Å². The molecular formula is C16H16O. The topological polar surface area (TPSA) is 9.23 Å². The molecule has 1 heterocycles. The minimum atomic E-state index is -0.267. The molecule has 0 aliphatic carbocycles. The molecule has 0 atom stereocenters. The standard InChI is InChI=1S/C16H16O/c1-11-10-13-9-8-12-6-4-5-7-14(12)15(13)17-16(11,2)3/h4-9H,1,10H2,2-3H3. The van der Waals surface area contributed by atoms with Gasteiger partial charge < -0.3 is 4.74 Å². The van der Waals surface area contributed by atoms with Crippen molar-refractivity contribution in [3.05, 3.63) is 54.1 Å². The van der Waals surface area contributed by atoms with Crippen molar-refractivity contribution in [2.45, 2.75) is 25.9 Å². The van der Waals surface area contributed by atoms with Gasteiger partial charge in [-0.3, -0.25) is 0 Å². The van der Waals surface area contributed by atoms with E-state index in [-0.39, 0.29) is 5.60 Å². The van der Waals surface area contributed by atoms with E-state index in [1.165, 1.54) is 16.3 Å². The molecule has 3 rings (SSSR count). The number of hydrogen-bond donors (Lipinski definition) is 0. The van der Waals surface area contributed by atoms with Crippen LogP contribution in [-0.4, -0.2) is 5.60 Å². The van der Waals surface area contributed by atoms with Gasteiger partial charge >= 0.3 is 0 Å². The lowest BCUT2D eigenvalue weighted by Gasteiger charge is -2.35. The number of hydrogen-bond acceptors (Lipinski definition) is 1. The molecule has 0 N–H and O–H groups in total. The molecule has 1 nitrogen and oxygen atoms in total. The molecule has 0 bridgehead atoms. The highest BCUT2D eigenvalue weighted by molar-refractivity contribution is 5.90. The van der Waals surface area contributed by atoms with E-state index in [9.17, 15) is 0 Å². The molecule has 1 heteroatoms. The van der Waals surface area contributed by atoms with Crippen molar-refractivity contribution in [1.82, 2.24) is 0 Å². The molecule has 0 saturated carbocycles. The van der Waals surface area contributed by atoms with Gasteiger partial charge in [0, 0.05) is 11.8 Å². The highest BCUT2D eigenvalue weighted by Gasteiger charge is 2.30. The summed E-state index contributed by atoms with van der Waals surface area (Å²) in [5, 5.41) is 2.43. The Balaban J connectivity index is 2.27. The van der Waals surface area contributed by atoms with Gasteiger partial charge in [0.1, 0.15) is 11.4 Å². The second-order valence-electron chi connectivity index (χ2n) is 5.17. The molecule has 0 amide bonds. The van der Waals surface area contributed by atoms with E-state index >= 15 is 0 Å². The van der Waals surface area contributed by atoms with Gasteiger partial charge in [-0.25, -0.2) is 0 Å². The molecule has 0 aromatic heterocycles. The van der Waals surface area contributed by atoms with Crippen LogP contribution >= 0.6 is 0 Å². The van der Waals surface area contributed by atoms with Gasteiger partial charge in [-0.05, 0) is 30.4 Å². The van der Waals surface area contributed by atoms with E-state index in [2.05, 4.69) is 56.8 Å². The Hall–Kier alpha value is -1.76. The molecular weight excluding hydrogens is 208 g/mol. The lowest BCUT2D eigenvalue weighted by molar-refractivity contribution is 0.137. The zero-order valence-electron chi connectivity index (χ0n) is 10.3. The first-order valence-corrected chi connectivity index (χ1v) is 5.96. The van der Waals surface area contributed by atoms with Crippen LogP contribution in [0.1, 0.15) is 19.4 Å². The number of benzene rings is 2. The number of ether oxygens (including phenoxy) is 1. The van der Waals surface area contributed by atoms with Gasteiger partial charge in [-0.1, -0.05) is 43.0 Å². The Labute approximate surface area is 102 Å². The van der Waals surface area contributed by atoms with Gasteiger partial charge in [0.25, 0.3) is 0 Å². The average molecular weight is 224 g/mol. The van der Waals surface area contributed by atoms with Crippen LogP contribution in [0.25, 0.3) is 10.8 Å². The van der Waals surface area contributed by atoms with E-state index in [1.807, 2.05) is 0 Å². The minimum absolute atomic E-state index is 0.267. The van der Waals surface area contributed by atoms with Crippen LogP contribution in [0.15, 0.2) is 48.6 Å². The quantitative estimate of drug-likeness (QED) is 0.612. The smallest absolute Gasteiger partial charge is 0.131 e. The zero-order valence-corrected chi connectivity index (χ0v) is 10.3. The van der Waals surface area contributed by atoms with Gasteiger partial charge in [-0.15, -0.1) is 0 Å². The van der Waals surface area contributed by atoms with Gasteiger partial charge in [0.05, 0.1) is 0 Å². The van der Waals surface area contributed by atoms with Crippen LogP contribution in [0.2, 0.25) is 0 Å². The van der Waals surface area contributed by atoms with Crippen LogP contribution < -0.4 is 4.74 Å². The van der Waals surface area contributed by atoms with E-state index in [0.29, 0.717) is 0 Å². The van der Waals surface area contributed by atoms with Crippen LogP contribution in [0, 0.1) is 0 Å². The summed E-state index contributed by atoms with van der Waals surface area (Å²) in [5.41, 5.74) is 2.12. The third kappa shape index (κ3) is 1.54. The van der Waals surface area contributed by atoms with Crippen molar-refractivity contribution in [3.63, 3.8) is 0 Å². The Bertz CT molecular complexity index is 608. The predicted molar refractivity (Wildman–Crippen MR) is 71.5 cm³/mol. The second-order valence-corrected chi connectivity index (χ2v) is 5.17. The van der Waals surface area contributed by atoms with E-state index < -0.39 is 0 Å². The fraction of sp³-hybridized carbons (Fsp3) is 0.250. The molecule has 0 fully saturated rings. The van der Waals surface area contributed by atoms with Crippen molar-refractivity contribution >= 4 is 10.8 Å². The van der Waals surface area contributed by atoms with Crippen LogP contribution in [0.4, 0.5) is 0 Å². The molecule has 0 unspecified atom stereocenters. The molecule has 0 saturated heterocycles. The molecule has 86 valence electrons. The van der Waals surface area contributed by atoms with E-state index in [0.717, 1.165) is 17.7 Å². The Morgan fingerprint density at radius 3 is 2.71 bits per heavy atom. The molecule has 17 heavy (non-hydrogen) atoms. The van der Waals surface area contributed by atoms with Crippen molar-refractivity contribution in [1.29, 1.82) is 0 Å². The number of rotatable bonds is 0. The molecule has 1 aliphatic heterocycles. The second kappa shape index (κ2) is 3.36. The summed E-state index contributed by atoms with van der Waals surface area (Å²) in [5.74, 6) is 1.03. The van der Waals surface area contributed by atoms with Crippen molar-refractivity contribution in [2.24, 2.45) is 0 Å². The maximum absolute atomic E-state index is 6.15. The summed E-state index contributed by atoms with van der Waals surface area (Å²) in [6.45, 7) is 8.29. The van der Waals surface area contributed by atoms with Gasteiger partial charge in [0.15, 0.2) is 0 Å². The molecule has 2 aromatic rings. The highest BCUT2D eigenvalue weighted by atomic mass is 16.5. The lowest BCUT2D eigenvalue weighted by Crippen LogP contribution is -2.35. The van der Waals surface area contributed by atoms with Crippen LogP contribution in [-0.2, 0) is 6.42 Å². The molecule has 1 aliphatic rings. The average Bonchev–Trinajstić information content (AvgIpc) is 2.31. The third-order valence-electron chi connectivity index (χ3n) is 3.57. The molecule has 0 radical (unpaired) electrons. The lowest BCUT2D eigenvalue weighted by atomic mass is 9.88. The monoisotopic (exact) mass is 224 g/mol. The Morgan fingerprint density at radius 2 is 1.88 bits per heavy atom. The first-order valence-electron chi connectivity index (χ1n) is 5.96. The molecule has 2 aromatic carbocycles. The summed E-state index contributed by atoms with van der Waals surface area (Å²) in [4.78, 5) is 0. The van der Waals surface area contributed by atoms with Crippen LogP contribution in [0.3, 0.4) is 0 Å². The first-order chi connectivity index (χ1) is 8.08.